The highest BCUT2D eigenvalue weighted by atomic mass is 31.2. The number of rotatable bonds is 25. The van der Waals surface area contributed by atoms with E-state index < -0.39 is 13.9 Å². The third kappa shape index (κ3) is 22.7. The fraction of sp³-hybridized carbons (Fsp3) is 0.913. The van der Waals surface area contributed by atoms with Crippen LogP contribution in [0.3, 0.4) is 0 Å². The SMILES string of the molecule is C=CCCCCO[C@H](COCCCCCCCCCCCC)COP(=O)(O)OCCN. The van der Waals surface area contributed by atoms with Crippen LogP contribution in [-0.2, 0) is 23.1 Å². The van der Waals surface area contributed by atoms with E-state index in [0.29, 0.717) is 19.8 Å². The summed E-state index contributed by atoms with van der Waals surface area (Å²) in [6.45, 7) is 7.55. The van der Waals surface area contributed by atoms with Crippen LogP contribution in [0, 0.1) is 0 Å². The van der Waals surface area contributed by atoms with E-state index >= 15 is 0 Å². The van der Waals surface area contributed by atoms with Crippen LogP contribution in [-0.4, -0.2) is 50.6 Å². The van der Waals surface area contributed by atoms with Gasteiger partial charge in [-0.15, -0.1) is 6.58 Å². The number of unbranched alkanes of at least 4 members (excludes halogenated alkanes) is 11. The van der Waals surface area contributed by atoms with Gasteiger partial charge in [-0.05, 0) is 25.7 Å². The fourth-order valence-corrected chi connectivity index (χ4v) is 3.84. The third-order valence-electron chi connectivity index (χ3n) is 4.90. The molecule has 2 atom stereocenters. The van der Waals surface area contributed by atoms with Crippen LogP contribution in [0.5, 0.6) is 0 Å². The Morgan fingerprint density at radius 2 is 1.48 bits per heavy atom. The molecule has 0 amide bonds. The Morgan fingerprint density at radius 1 is 0.871 bits per heavy atom. The zero-order chi connectivity index (χ0) is 23.0. The van der Waals surface area contributed by atoms with Crippen molar-refractivity contribution < 1.29 is 28.0 Å². The number of nitrogens with two attached hydrogens (primary N) is 1. The summed E-state index contributed by atoms with van der Waals surface area (Å²) in [5.74, 6) is 0. The molecule has 7 nitrogen and oxygen atoms in total. The Kier molecular flexibility index (Phi) is 22.7. The van der Waals surface area contributed by atoms with Crippen molar-refractivity contribution >= 4 is 7.82 Å². The molecule has 186 valence electrons. The summed E-state index contributed by atoms with van der Waals surface area (Å²) in [5, 5.41) is 0. The van der Waals surface area contributed by atoms with Gasteiger partial charge in [0, 0.05) is 19.8 Å². The highest BCUT2D eigenvalue weighted by Crippen LogP contribution is 2.43. The summed E-state index contributed by atoms with van der Waals surface area (Å²) >= 11 is 0. The van der Waals surface area contributed by atoms with Gasteiger partial charge >= 0.3 is 7.82 Å². The van der Waals surface area contributed by atoms with Crippen LogP contribution in [0.1, 0.15) is 90.4 Å². The van der Waals surface area contributed by atoms with E-state index in [1.807, 2.05) is 6.08 Å². The Morgan fingerprint density at radius 3 is 2.10 bits per heavy atom. The predicted octanol–water partition coefficient (Wildman–Crippen LogP) is 5.76. The molecule has 0 heterocycles. The molecule has 0 aromatic rings. The van der Waals surface area contributed by atoms with Gasteiger partial charge in [-0.25, -0.2) is 4.57 Å². The first-order valence-corrected chi connectivity index (χ1v) is 13.7. The Hall–Kier alpha value is -0.270. The largest absolute Gasteiger partial charge is 0.472 e. The van der Waals surface area contributed by atoms with E-state index in [9.17, 15) is 9.46 Å². The zero-order valence-electron chi connectivity index (χ0n) is 19.8. The lowest BCUT2D eigenvalue weighted by molar-refractivity contribution is -0.0441. The maximum Gasteiger partial charge on any atom is 0.472 e. The highest BCUT2D eigenvalue weighted by Gasteiger charge is 2.23. The molecule has 3 N–H and O–H groups in total. The van der Waals surface area contributed by atoms with E-state index in [4.69, 9.17) is 24.3 Å². The number of hydrogen-bond donors (Lipinski definition) is 2. The normalized spacial score (nSPS) is 14.4. The quantitative estimate of drug-likeness (QED) is 0.100. The predicted molar refractivity (Wildman–Crippen MR) is 127 cm³/mol. The highest BCUT2D eigenvalue weighted by molar-refractivity contribution is 7.47. The van der Waals surface area contributed by atoms with Crippen LogP contribution in [0.15, 0.2) is 12.7 Å². The number of allylic oxidation sites excluding steroid dienone is 1. The van der Waals surface area contributed by atoms with Gasteiger partial charge in [0.05, 0.1) is 19.8 Å². The second-order valence-corrected chi connectivity index (χ2v) is 9.37. The van der Waals surface area contributed by atoms with Crippen molar-refractivity contribution in [3.05, 3.63) is 12.7 Å². The lowest BCUT2D eigenvalue weighted by Crippen LogP contribution is -2.26. The summed E-state index contributed by atoms with van der Waals surface area (Å²) in [7, 11) is -4.11. The van der Waals surface area contributed by atoms with Crippen molar-refractivity contribution in [2.45, 2.75) is 96.5 Å². The van der Waals surface area contributed by atoms with Gasteiger partial charge in [-0.2, -0.15) is 0 Å². The minimum absolute atomic E-state index is 0.0317. The summed E-state index contributed by atoms with van der Waals surface area (Å²) in [5.41, 5.74) is 5.29. The van der Waals surface area contributed by atoms with E-state index in [0.717, 1.165) is 32.1 Å². The molecule has 1 unspecified atom stereocenters. The first kappa shape index (κ1) is 30.7. The minimum Gasteiger partial charge on any atom is -0.379 e. The van der Waals surface area contributed by atoms with Crippen molar-refractivity contribution in [2.24, 2.45) is 5.73 Å². The van der Waals surface area contributed by atoms with Crippen LogP contribution in [0.2, 0.25) is 0 Å². The Balaban J connectivity index is 3.93. The second-order valence-electron chi connectivity index (χ2n) is 7.92. The fourth-order valence-electron chi connectivity index (χ4n) is 3.07. The molecular weight excluding hydrogens is 417 g/mol. The first-order valence-electron chi connectivity index (χ1n) is 12.2. The van der Waals surface area contributed by atoms with Crippen molar-refractivity contribution in [2.75, 3.05) is 39.6 Å². The van der Waals surface area contributed by atoms with E-state index in [-0.39, 0.29) is 19.8 Å². The Labute approximate surface area is 190 Å². The van der Waals surface area contributed by atoms with Crippen molar-refractivity contribution in [1.82, 2.24) is 0 Å². The average Bonchev–Trinajstić information content (AvgIpc) is 2.76. The van der Waals surface area contributed by atoms with E-state index in [1.54, 1.807) is 0 Å². The topological polar surface area (TPSA) is 100 Å². The lowest BCUT2D eigenvalue weighted by Gasteiger charge is -2.20. The number of phosphoric acid groups is 1. The summed E-state index contributed by atoms with van der Waals surface area (Å²) in [6.07, 6.45) is 17.1. The molecule has 0 saturated carbocycles. The molecule has 0 aliphatic carbocycles. The number of ether oxygens (including phenoxy) is 2. The van der Waals surface area contributed by atoms with Crippen molar-refractivity contribution in [3.8, 4) is 0 Å². The van der Waals surface area contributed by atoms with Gasteiger partial charge in [-0.3, -0.25) is 9.05 Å². The monoisotopic (exact) mass is 465 g/mol. The molecule has 0 radical (unpaired) electrons. The van der Waals surface area contributed by atoms with E-state index in [2.05, 4.69) is 13.5 Å². The average molecular weight is 466 g/mol. The van der Waals surface area contributed by atoms with Gasteiger partial charge in [-0.1, -0.05) is 70.8 Å². The van der Waals surface area contributed by atoms with Gasteiger partial charge in [0.15, 0.2) is 0 Å². The molecule has 0 aliphatic heterocycles. The molecule has 0 aromatic carbocycles. The smallest absolute Gasteiger partial charge is 0.379 e. The van der Waals surface area contributed by atoms with E-state index in [1.165, 1.54) is 51.4 Å². The molecule has 31 heavy (non-hydrogen) atoms. The maximum atomic E-state index is 11.8. The van der Waals surface area contributed by atoms with Crippen molar-refractivity contribution in [3.63, 3.8) is 0 Å². The second kappa shape index (κ2) is 22.9. The van der Waals surface area contributed by atoms with Gasteiger partial charge < -0.3 is 20.1 Å². The lowest BCUT2D eigenvalue weighted by atomic mass is 10.1. The number of hydrogen-bond acceptors (Lipinski definition) is 6. The van der Waals surface area contributed by atoms with Crippen LogP contribution >= 0.6 is 7.82 Å². The molecule has 0 aromatic heterocycles. The van der Waals surface area contributed by atoms with Crippen LogP contribution in [0.25, 0.3) is 0 Å². The zero-order valence-corrected chi connectivity index (χ0v) is 20.7. The van der Waals surface area contributed by atoms with Crippen LogP contribution in [0.4, 0.5) is 0 Å². The minimum atomic E-state index is -4.11. The molecular formula is C23H48NO6P. The van der Waals surface area contributed by atoms with Gasteiger partial charge in [0.25, 0.3) is 0 Å². The molecule has 0 spiro atoms. The summed E-state index contributed by atoms with van der Waals surface area (Å²) < 4.78 is 33.1. The standard InChI is InChI=1S/C23H48NO6P/c1-3-5-7-9-10-11-12-13-14-15-18-27-21-23(28-19-16-8-6-4-2)22-30-31(25,26)29-20-17-24/h4,23H,2-3,5-22,24H2,1H3,(H,25,26)/t23-/m1/s1. The van der Waals surface area contributed by atoms with Gasteiger partial charge in [0.2, 0.25) is 0 Å². The maximum absolute atomic E-state index is 11.8. The number of phosphoric ester groups is 1. The first-order chi connectivity index (χ1) is 15.1. The molecule has 0 bridgehead atoms. The van der Waals surface area contributed by atoms with Gasteiger partial charge in [0.1, 0.15) is 6.10 Å². The third-order valence-corrected chi connectivity index (χ3v) is 5.88. The van der Waals surface area contributed by atoms with Crippen molar-refractivity contribution in [1.29, 1.82) is 0 Å². The molecule has 0 rings (SSSR count). The molecule has 8 heteroatoms. The van der Waals surface area contributed by atoms with Crippen LogP contribution < -0.4 is 5.73 Å². The molecule has 0 fully saturated rings. The molecule has 0 aliphatic rings. The Bertz CT molecular complexity index is 438. The molecule has 0 saturated heterocycles. The summed E-state index contributed by atoms with van der Waals surface area (Å²) in [6, 6.07) is 0. The summed E-state index contributed by atoms with van der Waals surface area (Å²) in [4.78, 5) is 9.66.